The largest absolute Gasteiger partial charge is 0.491 e. The van der Waals surface area contributed by atoms with E-state index >= 15 is 0 Å². The molecule has 0 amide bonds. The highest BCUT2D eigenvalue weighted by molar-refractivity contribution is 5.63. The van der Waals surface area contributed by atoms with Gasteiger partial charge in [0.2, 0.25) is 5.95 Å². The standard InChI is InChI=1S/C28H30N6O4/c1-33(2)18-25(35)19-38-26-14-10-23(11-15-26)31-28-29-17-21(16-20-8-12-24(13-9-20)34(36)37)27(32-28)30-22-6-4-3-5-7-22/h3-15,17,25,35H,16,18-19H2,1-2H3,(H2,29,30,31,32). The topological polar surface area (TPSA) is 126 Å². The Balaban J connectivity index is 1.48. The first kappa shape index (κ1) is 26.5. The summed E-state index contributed by atoms with van der Waals surface area (Å²) in [6.45, 7) is 0.731. The number of aliphatic hydroxyl groups excluding tert-OH is 1. The summed E-state index contributed by atoms with van der Waals surface area (Å²) < 4.78 is 5.67. The molecule has 3 aromatic carbocycles. The Morgan fingerprint density at radius 3 is 2.32 bits per heavy atom. The van der Waals surface area contributed by atoms with Crippen molar-refractivity contribution in [3.63, 3.8) is 0 Å². The second-order valence-corrected chi connectivity index (χ2v) is 9.04. The van der Waals surface area contributed by atoms with E-state index in [0.29, 0.717) is 30.5 Å². The number of hydrogen-bond acceptors (Lipinski definition) is 9. The summed E-state index contributed by atoms with van der Waals surface area (Å²) in [5.41, 5.74) is 3.45. The van der Waals surface area contributed by atoms with Gasteiger partial charge in [-0.25, -0.2) is 4.98 Å². The van der Waals surface area contributed by atoms with Crippen molar-refractivity contribution >= 4 is 28.8 Å². The lowest BCUT2D eigenvalue weighted by molar-refractivity contribution is -0.384. The van der Waals surface area contributed by atoms with Crippen LogP contribution in [0.25, 0.3) is 0 Å². The van der Waals surface area contributed by atoms with Gasteiger partial charge < -0.3 is 25.4 Å². The van der Waals surface area contributed by atoms with Gasteiger partial charge in [-0.15, -0.1) is 0 Å². The molecule has 10 nitrogen and oxygen atoms in total. The number of rotatable bonds is 12. The first-order valence-electron chi connectivity index (χ1n) is 12.1. The van der Waals surface area contributed by atoms with Gasteiger partial charge in [0.15, 0.2) is 0 Å². The molecule has 1 aromatic heterocycles. The minimum atomic E-state index is -0.573. The van der Waals surface area contributed by atoms with Crippen LogP contribution in [0.1, 0.15) is 11.1 Å². The maximum atomic E-state index is 11.0. The van der Waals surface area contributed by atoms with Crippen LogP contribution in [0.2, 0.25) is 0 Å². The number of nitro groups is 1. The summed E-state index contributed by atoms with van der Waals surface area (Å²) >= 11 is 0. The molecule has 0 aliphatic rings. The van der Waals surface area contributed by atoms with Crippen molar-refractivity contribution in [2.24, 2.45) is 0 Å². The molecule has 3 N–H and O–H groups in total. The van der Waals surface area contributed by atoms with E-state index in [4.69, 9.17) is 9.72 Å². The van der Waals surface area contributed by atoms with Crippen molar-refractivity contribution in [2.45, 2.75) is 12.5 Å². The number of para-hydroxylation sites is 1. The summed E-state index contributed by atoms with van der Waals surface area (Å²) in [6.07, 6.45) is 1.67. The Morgan fingerprint density at radius 1 is 0.974 bits per heavy atom. The van der Waals surface area contributed by atoms with Gasteiger partial charge in [0, 0.05) is 48.2 Å². The van der Waals surface area contributed by atoms with E-state index in [0.717, 1.165) is 22.5 Å². The zero-order valence-electron chi connectivity index (χ0n) is 21.2. The summed E-state index contributed by atoms with van der Waals surface area (Å²) in [5, 5.41) is 27.5. The lowest BCUT2D eigenvalue weighted by Gasteiger charge is -2.16. The van der Waals surface area contributed by atoms with Crippen LogP contribution >= 0.6 is 0 Å². The molecule has 0 aliphatic heterocycles. The second-order valence-electron chi connectivity index (χ2n) is 9.04. The average Bonchev–Trinajstić information content (AvgIpc) is 2.90. The van der Waals surface area contributed by atoms with E-state index in [1.807, 2.05) is 73.6 Å². The maximum Gasteiger partial charge on any atom is 0.269 e. The first-order chi connectivity index (χ1) is 18.4. The van der Waals surface area contributed by atoms with Crippen LogP contribution in [-0.4, -0.2) is 58.2 Å². The molecule has 0 bridgehead atoms. The lowest BCUT2D eigenvalue weighted by Crippen LogP contribution is -2.30. The third-order valence-corrected chi connectivity index (χ3v) is 5.57. The van der Waals surface area contributed by atoms with Gasteiger partial charge in [-0.2, -0.15) is 4.98 Å². The van der Waals surface area contributed by atoms with Crippen molar-refractivity contribution in [2.75, 3.05) is 37.9 Å². The molecular formula is C28H30N6O4. The average molecular weight is 515 g/mol. The molecule has 0 saturated carbocycles. The Labute approximate surface area is 221 Å². The SMILES string of the molecule is CN(C)CC(O)COc1ccc(Nc2ncc(Cc3ccc([N+](=O)[O-])cc3)c(Nc3ccccc3)n2)cc1. The first-order valence-corrected chi connectivity index (χ1v) is 12.1. The molecule has 4 aromatic rings. The monoisotopic (exact) mass is 514 g/mol. The van der Waals surface area contributed by atoms with Crippen molar-refractivity contribution in [1.82, 2.24) is 14.9 Å². The molecule has 1 unspecified atom stereocenters. The molecule has 38 heavy (non-hydrogen) atoms. The fourth-order valence-corrected chi connectivity index (χ4v) is 3.75. The number of nitrogens with zero attached hydrogens (tertiary/aromatic N) is 4. The Hall–Kier alpha value is -4.54. The van der Waals surface area contributed by atoms with Crippen molar-refractivity contribution in [3.8, 4) is 5.75 Å². The van der Waals surface area contributed by atoms with Crippen LogP contribution in [0.15, 0.2) is 85.1 Å². The lowest BCUT2D eigenvalue weighted by atomic mass is 10.1. The zero-order chi connectivity index (χ0) is 26.9. The molecule has 0 aliphatic carbocycles. The van der Waals surface area contributed by atoms with Crippen LogP contribution in [0.5, 0.6) is 5.75 Å². The summed E-state index contributed by atoms with van der Waals surface area (Å²) in [7, 11) is 3.80. The maximum absolute atomic E-state index is 11.0. The number of nitro benzene ring substituents is 1. The van der Waals surface area contributed by atoms with E-state index in [1.54, 1.807) is 18.3 Å². The van der Waals surface area contributed by atoms with Gasteiger partial charge in [0.1, 0.15) is 24.3 Å². The van der Waals surface area contributed by atoms with Gasteiger partial charge in [0.25, 0.3) is 5.69 Å². The van der Waals surface area contributed by atoms with Crippen molar-refractivity contribution in [1.29, 1.82) is 0 Å². The van der Waals surface area contributed by atoms with Gasteiger partial charge in [-0.05, 0) is 56.1 Å². The van der Waals surface area contributed by atoms with Gasteiger partial charge in [-0.3, -0.25) is 10.1 Å². The van der Waals surface area contributed by atoms with Gasteiger partial charge >= 0.3 is 0 Å². The smallest absolute Gasteiger partial charge is 0.269 e. The third kappa shape index (κ3) is 7.73. The van der Waals surface area contributed by atoms with Crippen molar-refractivity contribution < 1.29 is 14.8 Å². The molecule has 4 rings (SSSR count). The fourth-order valence-electron chi connectivity index (χ4n) is 3.75. The number of aliphatic hydroxyl groups is 1. The van der Waals surface area contributed by atoms with E-state index in [-0.39, 0.29) is 12.3 Å². The minimum Gasteiger partial charge on any atom is -0.491 e. The molecule has 0 radical (unpaired) electrons. The number of likely N-dealkylation sites (N-methyl/N-ethyl adjacent to an activating group) is 1. The van der Waals surface area contributed by atoms with Crippen molar-refractivity contribution in [3.05, 3.63) is 106 Å². The number of non-ortho nitro benzene ring substituents is 1. The number of ether oxygens (including phenoxy) is 1. The molecular weight excluding hydrogens is 484 g/mol. The molecule has 0 fully saturated rings. The molecule has 0 spiro atoms. The van der Waals surface area contributed by atoms with E-state index < -0.39 is 11.0 Å². The number of anilines is 4. The van der Waals surface area contributed by atoms with E-state index in [2.05, 4.69) is 15.6 Å². The summed E-state index contributed by atoms with van der Waals surface area (Å²) in [4.78, 5) is 21.7. The van der Waals surface area contributed by atoms with Crippen LogP contribution in [0, 0.1) is 10.1 Å². The normalized spacial score (nSPS) is 11.7. The molecule has 10 heteroatoms. The van der Waals surface area contributed by atoms with Gasteiger partial charge in [-0.1, -0.05) is 30.3 Å². The van der Waals surface area contributed by atoms with Gasteiger partial charge in [0.05, 0.1) is 4.92 Å². The van der Waals surface area contributed by atoms with Crippen LogP contribution in [0.4, 0.5) is 28.8 Å². The molecule has 196 valence electrons. The Morgan fingerprint density at radius 2 is 1.66 bits per heavy atom. The van der Waals surface area contributed by atoms with Crippen LogP contribution in [0.3, 0.4) is 0 Å². The molecule has 0 saturated heterocycles. The fraction of sp³-hybridized carbons (Fsp3) is 0.214. The second kappa shape index (κ2) is 12.6. The van der Waals surface area contributed by atoms with E-state index in [1.165, 1.54) is 12.1 Å². The van der Waals surface area contributed by atoms with E-state index in [9.17, 15) is 15.2 Å². The minimum absolute atomic E-state index is 0.0494. The third-order valence-electron chi connectivity index (χ3n) is 5.57. The molecule has 1 atom stereocenters. The number of benzene rings is 3. The zero-order valence-corrected chi connectivity index (χ0v) is 21.2. The quantitative estimate of drug-likeness (QED) is 0.181. The Bertz CT molecular complexity index is 1330. The highest BCUT2D eigenvalue weighted by Crippen LogP contribution is 2.25. The highest BCUT2D eigenvalue weighted by Gasteiger charge is 2.12. The summed E-state index contributed by atoms with van der Waals surface area (Å²) in [6, 6.07) is 23.5. The predicted molar refractivity (Wildman–Crippen MR) is 147 cm³/mol. The number of nitrogens with one attached hydrogen (secondary N) is 2. The Kier molecular flexibility index (Phi) is 8.81. The number of aromatic nitrogens is 2. The number of hydrogen-bond donors (Lipinski definition) is 3. The summed E-state index contributed by atoms with van der Waals surface area (Å²) in [5.74, 6) is 1.69. The predicted octanol–water partition coefficient (Wildman–Crippen LogP) is 4.76. The highest BCUT2D eigenvalue weighted by atomic mass is 16.6. The van der Waals surface area contributed by atoms with Crippen LogP contribution in [-0.2, 0) is 6.42 Å². The van der Waals surface area contributed by atoms with Crippen LogP contribution < -0.4 is 15.4 Å². The molecule has 1 heterocycles.